The van der Waals surface area contributed by atoms with Crippen molar-refractivity contribution < 1.29 is 32.9 Å². The number of rotatable bonds is 9. The number of benzene rings is 3. The first kappa shape index (κ1) is 28.6. The van der Waals surface area contributed by atoms with E-state index in [0.29, 0.717) is 66.8 Å². The van der Waals surface area contributed by atoms with Gasteiger partial charge in [0.1, 0.15) is 18.1 Å². The number of carbonyl (C=O) groups is 2. The molecule has 3 aliphatic rings. The van der Waals surface area contributed by atoms with Crippen LogP contribution in [-0.2, 0) is 9.53 Å². The van der Waals surface area contributed by atoms with E-state index in [-0.39, 0.29) is 25.2 Å². The third-order valence-corrected chi connectivity index (χ3v) is 7.87. The highest BCUT2D eigenvalue weighted by Crippen LogP contribution is 2.39. The molecule has 0 aliphatic carbocycles. The molecule has 224 valence electrons. The van der Waals surface area contributed by atoms with Crippen LogP contribution in [0.3, 0.4) is 0 Å². The number of carbonyl (C=O) groups excluding carboxylic acids is 2. The van der Waals surface area contributed by atoms with Gasteiger partial charge in [0.15, 0.2) is 11.5 Å². The van der Waals surface area contributed by atoms with E-state index in [4.69, 9.17) is 18.9 Å². The topological polar surface area (TPSA) is 93.1 Å². The summed E-state index contributed by atoms with van der Waals surface area (Å²) in [5.41, 5.74) is 2.01. The molecule has 0 saturated carbocycles. The van der Waals surface area contributed by atoms with E-state index in [9.17, 15) is 14.0 Å². The highest BCUT2D eigenvalue weighted by molar-refractivity contribution is 6.04. The quantitative estimate of drug-likeness (QED) is 0.376. The molecule has 0 unspecified atom stereocenters. The summed E-state index contributed by atoms with van der Waals surface area (Å²) < 4.78 is 36.6. The van der Waals surface area contributed by atoms with E-state index in [0.717, 1.165) is 18.7 Å². The summed E-state index contributed by atoms with van der Waals surface area (Å²) in [5.74, 6) is 0.757. The molecule has 3 aromatic rings. The average molecular weight is 589 g/mol. The van der Waals surface area contributed by atoms with Crippen LogP contribution in [0.25, 0.3) is 0 Å². The van der Waals surface area contributed by atoms with Crippen molar-refractivity contribution in [2.24, 2.45) is 5.10 Å². The Morgan fingerprint density at radius 2 is 1.79 bits per heavy atom. The molecule has 43 heavy (non-hydrogen) atoms. The first-order valence-corrected chi connectivity index (χ1v) is 14.3. The molecular formula is C32H33FN4O6. The van der Waals surface area contributed by atoms with Crippen LogP contribution in [0.15, 0.2) is 71.8 Å². The first-order valence-electron chi connectivity index (χ1n) is 14.3. The predicted octanol–water partition coefficient (Wildman–Crippen LogP) is 3.72. The third-order valence-electron chi connectivity index (χ3n) is 7.87. The maximum absolute atomic E-state index is 14.8. The molecule has 6 rings (SSSR count). The fourth-order valence-electron chi connectivity index (χ4n) is 5.47. The van der Waals surface area contributed by atoms with Crippen LogP contribution in [0.2, 0.25) is 0 Å². The fraction of sp³-hybridized carbons (Fsp3) is 0.344. The number of ether oxygens (including phenoxy) is 4. The standard InChI is InChI=1S/C32H33FN4O6/c1-40-24-9-6-22(7-10-24)32(39)36(13-12-35-14-16-41-17-15-35)20-31(38)37-28(23-8-11-29-30(18-23)43-21-42-29)19-27(34-37)25-4-2-3-5-26(25)33/h2-11,18,28H,12-17,19-21H2,1H3/t28-/m1/s1. The Bertz CT molecular complexity index is 1510. The van der Waals surface area contributed by atoms with Gasteiger partial charge in [0.2, 0.25) is 6.79 Å². The number of hydrazone groups is 1. The van der Waals surface area contributed by atoms with Gasteiger partial charge in [0.05, 0.1) is 32.1 Å². The molecule has 10 nitrogen and oxygen atoms in total. The highest BCUT2D eigenvalue weighted by Gasteiger charge is 2.36. The van der Waals surface area contributed by atoms with E-state index in [2.05, 4.69) is 10.0 Å². The SMILES string of the molecule is COc1ccc(C(=O)N(CCN2CCOCC2)CC(=O)N2N=C(c3ccccc3F)C[C@@H]2c2ccc3c(c2)OCO3)cc1. The van der Waals surface area contributed by atoms with E-state index in [1.807, 2.05) is 12.1 Å². The summed E-state index contributed by atoms with van der Waals surface area (Å²) in [6.07, 6.45) is 0.298. The Morgan fingerprint density at radius 3 is 2.56 bits per heavy atom. The predicted molar refractivity (Wildman–Crippen MR) is 156 cm³/mol. The molecule has 1 fully saturated rings. The van der Waals surface area contributed by atoms with Crippen LogP contribution in [0.4, 0.5) is 4.39 Å². The van der Waals surface area contributed by atoms with Gasteiger partial charge in [-0.3, -0.25) is 14.5 Å². The van der Waals surface area contributed by atoms with Gasteiger partial charge in [-0.2, -0.15) is 5.10 Å². The van der Waals surface area contributed by atoms with E-state index in [1.165, 1.54) is 11.1 Å². The number of hydrogen-bond acceptors (Lipinski definition) is 8. The summed E-state index contributed by atoms with van der Waals surface area (Å²) in [6, 6.07) is 18.2. The Balaban J connectivity index is 1.28. The van der Waals surface area contributed by atoms with Crippen molar-refractivity contribution in [1.29, 1.82) is 0 Å². The lowest BCUT2D eigenvalue weighted by Gasteiger charge is -2.31. The molecule has 0 radical (unpaired) electrons. The van der Waals surface area contributed by atoms with E-state index < -0.39 is 11.9 Å². The molecule has 0 spiro atoms. The minimum Gasteiger partial charge on any atom is -0.497 e. The van der Waals surface area contributed by atoms with Crippen molar-refractivity contribution in [3.63, 3.8) is 0 Å². The second-order valence-electron chi connectivity index (χ2n) is 10.5. The van der Waals surface area contributed by atoms with Gasteiger partial charge in [-0.25, -0.2) is 9.40 Å². The smallest absolute Gasteiger partial charge is 0.262 e. The molecule has 3 aromatic carbocycles. The van der Waals surface area contributed by atoms with Crippen molar-refractivity contribution in [2.75, 3.05) is 59.8 Å². The van der Waals surface area contributed by atoms with Crippen LogP contribution in [-0.4, -0.2) is 92.2 Å². The monoisotopic (exact) mass is 588 g/mol. The summed E-state index contributed by atoms with van der Waals surface area (Å²) in [6.45, 7) is 3.61. The lowest BCUT2D eigenvalue weighted by molar-refractivity contribution is -0.133. The summed E-state index contributed by atoms with van der Waals surface area (Å²) >= 11 is 0. The Kier molecular flexibility index (Phi) is 8.52. The van der Waals surface area contributed by atoms with E-state index in [1.54, 1.807) is 60.5 Å². The number of nitrogens with zero attached hydrogens (tertiary/aromatic N) is 4. The molecule has 11 heteroatoms. The zero-order chi connectivity index (χ0) is 29.8. The van der Waals surface area contributed by atoms with Gasteiger partial charge < -0.3 is 23.8 Å². The van der Waals surface area contributed by atoms with Gasteiger partial charge >= 0.3 is 0 Å². The maximum Gasteiger partial charge on any atom is 0.262 e. The number of morpholine rings is 1. The zero-order valence-corrected chi connectivity index (χ0v) is 23.9. The molecular weight excluding hydrogens is 555 g/mol. The van der Waals surface area contributed by atoms with Crippen molar-refractivity contribution in [1.82, 2.24) is 14.8 Å². The third kappa shape index (κ3) is 6.32. The molecule has 1 atom stereocenters. The molecule has 0 N–H and O–H groups in total. The van der Waals surface area contributed by atoms with Gasteiger partial charge in [0, 0.05) is 43.7 Å². The van der Waals surface area contributed by atoms with Crippen LogP contribution >= 0.6 is 0 Å². The molecule has 2 amide bonds. The van der Waals surface area contributed by atoms with Crippen LogP contribution in [0.5, 0.6) is 17.2 Å². The first-order chi connectivity index (χ1) is 21.0. The molecule has 1 saturated heterocycles. The van der Waals surface area contributed by atoms with Crippen molar-refractivity contribution >= 4 is 17.5 Å². The summed E-state index contributed by atoms with van der Waals surface area (Å²) in [7, 11) is 1.56. The van der Waals surface area contributed by atoms with Crippen molar-refractivity contribution in [3.8, 4) is 17.2 Å². The van der Waals surface area contributed by atoms with Crippen LogP contribution < -0.4 is 14.2 Å². The minimum atomic E-state index is -0.520. The van der Waals surface area contributed by atoms with Crippen molar-refractivity contribution in [3.05, 3.63) is 89.2 Å². The number of methoxy groups -OCH3 is 1. The van der Waals surface area contributed by atoms with Gasteiger partial charge in [0.25, 0.3) is 11.8 Å². The van der Waals surface area contributed by atoms with Crippen LogP contribution in [0.1, 0.15) is 33.9 Å². The van der Waals surface area contributed by atoms with Gasteiger partial charge in [-0.1, -0.05) is 24.3 Å². The fourth-order valence-corrected chi connectivity index (χ4v) is 5.47. The normalized spacial score (nSPS) is 18.0. The van der Waals surface area contributed by atoms with Gasteiger partial charge in [-0.05, 0) is 48.0 Å². The second-order valence-corrected chi connectivity index (χ2v) is 10.5. The Morgan fingerprint density at radius 1 is 1.02 bits per heavy atom. The lowest BCUT2D eigenvalue weighted by atomic mass is 9.97. The molecule has 3 aliphatic heterocycles. The Hall–Kier alpha value is -4.48. The van der Waals surface area contributed by atoms with Crippen LogP contribution in [0, 0.1) is 5.82 Å². The zero-order valence-electron chi connectivity index (χ0n) is 23.9. The number of halogens is 1. The van der Waals surface area contributed by atoms with Gasteiger partial charge in [-0.15, -0.1) is 0 Å². The number of fused-ring (bicyclic) bond motifs is 1. The minimum absolute atomic E-state index is 0.120. The molecule has 0 aromatic heterocycles. The Labute approximate surface area is 249 Å². The van der Waals surface area contributed by atoms with E-state index >= 15 is 0 Å². The molecule has 0 bridgehead atoms. The summed E-state index contributed by atoms with van der Waals surface area (Å²) in [4.78, 5) is 31.5. The number of amides is 2. The summed E-state index contributed by atoms with van der Waals surface area (Å²) in [5, 5.41) is 6.01. The second kappa shape index (κ2) is 12.8. The largest absolute Gasteiger partial charge is 0.497 e. The average Bonchev–Trinajstić information content (AvgIpc) is 3.71. The highest BCUT2D eigenvalue weighted by atomic mass is 19.1. The molecule has 3 heterocycles. The lowest BCUT2D eigenvalue weighted by Crippen LogP contribution is -2.46. The van der Waals surface area contributed by atoms with Crippen molar-refractivity contribution in [2.45, 2.75) is 12.5 Å². The maximum atomic E-state index is 14.8. The number of hydrogen-bond donors (Lipinski definition) is 0.